The Morgan fingerprint density at radius 1 is 0.536 bits per heavy atom. The Morgan fingerprint density at radius 3 is 1.11 bits per heavy atom. The SMILES string of the molecule is CC.CC.CC.Cc1csc(-c2ccsc2)c1.Cc1csc(-c2ccsc2)c1. The Hall–Kier alpha value is -1.20. The molecule has 0 atom stereocenters. The number of hydrogen-bond acceptors (Lipinski definition) is 4. The second-order valence-electron chi connectivity index (χ2n) is 5.00. The summed E-state index contributed by atoms with van der Waals surface area (Å²) in [6, 6.07) is 8.78. The summed E-state index contributed by atoms with van der Waals surface area (Å²) in [4.78, 5) is 2.76. The van der Waals surface area contributed by atoms with E-state index in [1.54, 1.807) is 22.7 Å². The molecule has 154 valence electrons. The standard InChI is InChI=1S/2C9H8S2.3C2H6/c2*1-7-4-9(11-5-7)8-2-3-10-6-8;3*1-2/h2*2-6H,1H3;3*1-2H3. The average molecular weight is 451 g/mol. The van der Waals surface area contributed by atoms with Crippen LogP contribution in [0.4, 0.5) is 0 Å². The third-order valence-electron chi connectivity index (χ3n) is 3.07. The van der Waals surface area contributed by atoms with E-state index in [1.807, 2.05) is 64.2 Å². The van der Waals surface area contributed by atoms with Crippen molar-refractivity contribution in [3.63, 3.8) is 0 Å². The first-order chi connectivity index (χ1) is 13.7. The molecule has 0 unspecified atom stereocenters. The fraction of sp³-hybridized carbons (Fsp3) is 0.333. The van der Waals surface area contributed by atoms with Crippen molar-refractivity contribution in [3.8, 4) is 20.9 Å². The van der Waals surface area contributed by atoms with Gasteiger partial charge in [0.1, 0.15) is 0 Å². The van der Waals surface area contributed by atoms with Crippen molar-refractivity contribution in [1.29, 1.82) is 0 Å². The molecule has 0 nitrogen and oxygen atoms in total. The van der Waals surface area contributed by atoms with E-state index >= 15 is 0 Å². The van der Waals surface area contributed by atoms with Crippen molar-refractivity contribution in [1.82, 2.24) is 0 Å². The van der Waals surface area contributed by atoms with Gasteiger partial charge in [0.2, 0.25) is 0 Å². The minimum Gasteiger partial charge on any atom is -0.152 e. The molecule has 0 fully saturated rings. The molecule has 4 heterocycles. The highest BCUT2D eigenvalue weighted by atomic mass is 32.1. The summed E-state index contributed by atoms with van der Waals surface area (Å²) in [5.41, 5.74) is 5.42. The van der Waals surface area contributed by atoms with E-state index < -0.39 is 0 Å². The number of hydrogen-bond donors (Lipinski definition) is 0. The minimum absolute atomic E-state index is 1.35. The maximum Gasteiger partial charge on any atom is 0.0353 e. The molecule has 0 saturated heterocycles. The molecule has 0 aliphatic heterocycles. The van der Waals surface area contributed by atoms with Gasteiger partial charge in [-0.2, -0.15) is 22.7 Å². The van der Waals surface area contributed by atoms with Gasteiger partial charge in [0.15, 0.2) is 0 Å². The van der Waals surface area contributed by atoms with Crippen LogP contribution in [0.3, 0.4) is 0 Å². The fourth-order valence-electron chi connectivity index (χ4n) is 1.97. The van der Waals surface area contributed by atoms with Crippen LogP contribution >= 0.6 is 45.3 Å². The molecular weight excluding hydrogens is 417 g/mol. The zero-order chi connectivity index (χ0) is 21.4. The molecule has 0 aliphatic carbocycles. The van der Waals surface area contributed by atoms with E-state index in [0.29, 0.717) is 0 Å². The largest absolute Gasteiger partial charge is 0.152 e. The van der Waals surface area contributed by atoms with Crippen molar-refractivity contribution in [2.24, 2.45) is 0 Å². The van der Waals surface area contributed by atoms with Crippen LogP contribution in [0.1, 0.15) is 52.7 Å². The second-order valence-corrected chi connectivity index (χ2v) is 8.38. The molecule has 0 spiro atoms. The van der Waals surface area contributed by atoms with E-state index in [9.17, 15) is 0 Å². The van der Waals surface area contributed by atoms with Crippen LogP contribution in [0.15, 0.2) is 56.5 Å². The fourth-order valence-corrected chi connectivity index (χ4v) is 5.23. The first-order valence-corrected chi connectivity index (χ1v) is 13.5. The van der Waals surface area contributed by atoms with Gasteiger partial charge in [0.25, 0.3) is 0 Å². The van der Waals surface area contributed by atoms with Crippen LogP contribution in [0.5, 0.6) is 0 Å². The smallest absolute Gasteiger partial charge is 0.0353 e. The van der Waals surface area contributed by atoms with E-state index in [4.69, 9.17) is 0 Å². The summed E-state index contributed by atoms with van der Waals surface area (Å²) < 4.78 is 0. The van der Waals surface area contributed by atoms with E-state index in [1.165, 1.54) is 32.0 Å². The molecule has 4 aromatic rings. The van der Waals surface area contributed by atoms with Gasteiger partial charge in [-0.15, -0.1) is 22.7 Å². The molecule has 4 aromatic heterocycles. The van der Waals surface area contributed by atoms with Gasteiger partial charge >= 0.3 is 0 Å². The van der Waals surface area contributed by atoms with Gasteiger partial charge in [-0.25, -0.2) is 0 Å². The molecule has 0 amide bonds. The predicted octanol–water partition coefficient (Wildman–Crippen LogP) is 10.6. The van der Waals surface area contributed by atoms with Gasteiger partial charge < -0.3 is 0 Å². The van der Waals surface area contributed by atoms with Crippen molar-refractivity contribution in [2.45, 2.75) is 55.4 Å². The summed E-state index contributed by atoms with van der Waals surface area (Å²) in [7, 11) is 0. The molecule has 28 heavy (non-hydrogen) atoms. The van der Waals surface area contributed by atoms with Crippen LogP contribution < -0.4 is 0 Å². The van der Waals surface area contributed by atoms with Crippen molar-refractivity contribution in [3.05, 3.63) is 67.7 Å². The quantitative estimate of drug-likeness (QED) is 0.285. The summed E-state index contributed by atoms with van der Waals surface area (Å²) in [6.07, 6.45) is 0. The van der Waals surface area contributed by atoms with Crippen LogP contribution in [-0.4, -0.2) is 0 Å². The topological polar surface area (TPSA) is 0 Å². The molecular formula is C24H34S4. The molecule has 0 N–H and O–H groups in total. The van der Waals surface area contributed by atoms with E-state index in [0.717, 1.165) is 0 Å². The Kier molecular flexibility index (Phi) is 16.0. The Bertz CT molecular complexity index is 732. The molecule has 0 aliphatic rings. The van der Waals surface area contributed by atoms with E-state index in [-0.39, 0.29) is 0 Å². The maximum atomic E-state index is 2.23. The number of aryl methyl sites for hydroxylation is 2. The highest BCUT2D eigenvalue weighted by molar-refractivity contribution is 7.15. The van der Waals surface area contributed by atoms with Gasteiger partial charge in [-0.05, 0) is 81.5 Å². The van der Waals surface area contributed by atoms with Gasteiger partial charge in [-0.3, -0.25) is 0 Å². The molecule has 0 bridgehead atoms. The van der Waals surface area contributed by atoms with Gasteiger partial charge in [0, 0.05) is 20.9 Å². The second kappa shape index (κ2) is 16.7. The molecule has 0 saturated carbocycles. The van der Waals surface area contributed by atoms with Crippen LogP contribution in [-0.2, 0) is 0 Å². The zero-order valence-corrected chi connectivity index (χ0v) is 21.7. The summed E-state index contributed by atoms with van der Waals surface area (Å²) in [5.74, 6) is 0. The normalized spacial score (nSPS) is 8.71. The minimum atomic E-state index is 1.35. The monoisotopic (exact) mass is 450 g/mol. The van der Waals surface area contributed by atoms with Crippen LogP contribution in [0, 0.1) is 13.8 Å². The molecule has 4 rings (SSSR count). The van der Waals surface area contributed by atoms with Crippen LogP contribution in [0.25, 0.3) is 20.9 Å². The lowest BCUT2D eigenvalue weighted by Gasteiger charge is -1.86. The van der Waals surface area contributed by atoms with Crippen molar-refractivity contribution < 1.29 is 0 Å². The zero-order valence-electron chi connectivity index (χ0n) is 18.4. The van der Waals surface area contributed by atoms with Gasteiger partial charge in [0.05, 0.1) is 0 Å². The molecule has 0 radical (unpaired) electrons. The first-order valence-electron chi connectivity index (χ1n) is 9.88. The lowest BCUT2D eigenvalue weighted by Crippen LogP contribution is -1.60. The lowest BCUT2D eigenvalue weighted by atomic mass is 10.2. The third kappa shape index (κ3) is 9.33. The Morgan fingerprint density at radius 2 is 0.893 bits per heavy atom. The first kappa shape index (κ1) is 26.8. The summed E-state index contributed by atoms with van der Waals surface area (Å²) >= 11 is 7.13. The molecule has 4 heteroatoms. The van der Waals surface area contributed by atoms with Crippen molar-refractivity contribution in [2.75, 3.05) is 0 Å². The number of thiophene rings is 4. The number of rotatable bonds is 2. The van der Waals surface area contributed by atoms with Crippen molar-refractivity contribution >= 4 is 45.3 Å². The highest BCUT2D eigenvalue weighted by Crippen LogP contribution is 2.29. The Balaban J connectivity index is 0.000000412. The predicted molar refractivity (Wildman–Crippen MR) is 139 cm³/mol. The Labute approximate surface area is 188 Å². The maximum absolute atomic E-state index is 2.23. The third-order valence-corrected chi connectivity index (χ3v) is 6.63. The molecule has 0 aromatic carbocycles. The highest BCUT2D eigenvalue weighted by Gasteiger charge is 1.99. The lowest BCUT2D eigenvalue weighted by molar-refractivity contribution is 1.50. The summed E-state index contributed by atoms with van der Waals surface area (Å²) in [5, 5.41) is 13.0. The van der Waals surface area contributed by atoms with Crippen LogP contribution in [0.2, 0.25) is 0 Å². The summed E-state index contributed by atoms with van der Waals surface area (Å²) in [6.45, 7) is 16.3. The van der Waals surface area contributed by atoms with E-state index in [2.05, 4.69) is 70.4 Å². The van der Waals surface area contributed by atoms with Gasteiger partial charge in [-0.1, -0.05) is 41.5 Å². The average Bonchev–Trinajstić information content (AvgIpc) is 3.54.